The molecular weight excluding hydrogens is 227 g/mol. The Kier molecular flexibility index (Phi) is 3.72. The summed E-state index contributed by atoms with van der Waals surface area (Å²) in [6.07, 6.45) is 4.25. The normalized spacial score (nSPS) is 18.6. The summed E-state index contributed by atoms with van der Waals surface area (Å²) in [6, 6.07) is 2.10. The largest absolute Gasteiger partial charge is 0.313 e. The maximum absolute atomic E-state index is 13.7. The van der Waals surface area contributed by atoms with Gasteiger partial charge < -0.3 is 5.32 Å². The van der Waals surface area contributed by atoms with Gasteiger partial charge in [0.05, 0.1) is 0 Å². The van der Waals surface area contributed by atoms with Crippen molar-refractivity contribution in [1.82, 2.24) is 5.32 Å². The molecule has 1 unspecified atom stereocenters. The van der Waals surface area contributed by atoms with Crippen molar-refractivity contribution in [2.45, 2.75) is 31.7 Å². The molecule has 0 radical (unpaired) electrons. The Balaban J connectivity index is 2.33. The molecule has 0 aromatic heterocycles. The summed E-state index contributed by atoms with van der Waals surface area (Å²) in [5.41, 5.74) is 0.235. The minimum Gasteiger partial charge on any atom is -0.313 e. The van der Waals surface area contributed by atoms with Crippen molar-refractivity contribution in [3.63, 3.8) is 0 Å². The Morgan fingerprint density at radius 3 is 2.35 bits per heavy atom. The van der Waals surface area contributed by atoms with Crippen LogP contribution in [-0.2, 0) is 0 Å². The average Bonchev–Trinajstić information content (AvgIpc) is 2.84. The number of benzene rings is 1. The molecule has 1 aliphatic rings. The van der Waals surface area contributed by atoms with E-state index in [1.165, 1.54) is 6.07 Å². The lowest BCUT2D eigenvalue weighted by atomic mass is 9.91. The summed E-state index contributed by atoms with van der Waals surface area (Å²) < 4.78 is 39.8. The lowest BCUT2D eigenvalue weighted by Crippen LogP contribution is -2.25. The molecule has 1 atom stereocenters. The summed E-state index contributed by atoms with van der Waals surface area (Å²) in [5, 5.41) is 3.02. The highest BCUT2D eigenvalue weighted by Gasteiger charge is 2.28. The molecule has 1 N–H and O–H groups in total. The molecule has 1 nitrogen and oxygen atoms in total. The number of hydrogen-bond donors (Lipinski definition) is 1. The molecule has 1 fully saturated rings. The molecule has 0 spiro atoms. The fraction of sp³-hybridized carbons (Fsp3) is 0.538. The first-order valence-electron chi connectivity index (χ1n) is 5.95. The quantitative estimate of drug-likeness (QED) is 0.800. The minimum absolute atomic E-state index is 0.229. The molecule has 0 amide bonds. The van der Waals surface area contributed by atoms with Crippen LogP contribution in [0.3, 0.4) is 0 Å². The number of hydrogen-bond acceptors (Lipinski definition) is 1. The third-order valence-electron chi connectivity index (χ3n) is 3.58. The Hall–Kier alpha value is -1.03. The van der Waals surface area contributed by atoms with Gasteiger partial charge in [-0.05, 0) is 31.9 Å². The predicted molar refractivity (Wildman–Crippen MR) is 60.1 cm³/mol. The van der Waals surface area contributed by atoms with Crippen LogP contribution < -0.4 is 5.32 Å². The van der Waals surface area contributed by atoms with Gasteiger partial charge in [-0.15, -0.1) is 0 Å². The molecule has 4 heteroatoms. The third kappa shape index (κ3) is 2.32. The van der Waals surface area contributed by atoms with Crippen molar-refractivity contribution < 1.29 is 13.2 Å². The molecule has 1 saturated carbocycles. The highest BCUT2D eigenvalue weighted by molar-refractivity contribution is 5.24. The zero-order valence-corrected chi connectivity index (χ0v) is 9.77. The van der Waals surface area contributed by atoms with Gasteiger partial charge in [0.1, 0.15) is 0 Å². The van der Waals surface area contributed by atoms with Crippen LogP contribution in [0.2, 0.25) is 0 Å². The van der Waals surface area contributed by atoms with Gasteiger partial charge in [0.2, 0.25) is 0 Å². The van der Waals surface area contributed by atoms with Gasteiger partial charge in [0, 0.05) is 11.6 Å². The van der Waals surface area contributed by atoms with Gasteiger partial charge in [-0.25, -0.2) is 13.2 Å². The van der Waals surface area contributed by atoms with E-state index in [-0.39, 0.29) is 11.6 Å². The molecule has 17 heavy (non-hydrogen) atoms. The van der Waals surface area contributed by atoms with E-state index in [2.05, 4.69) is 5.32 Å². The van der Waals surface area contributed by atoms with E-state index in [4.69, 9.17) is 0 Å². The first kappa shape index (κ1) is 12.4. The van der Waals surface area contributed by atoms with E-state index in [1.807, 2.05) is 0 Å². The van der Waals surface area contributed by atoms with Crippen molar-refractivity contribution in [3.05, 3.63) is 35.1 Å². The van der Waals surface area contributed by atoms with Gasteiger partial charge in [0.25, 0.3) is 0 Å². The second kappa shape index (κ2) is 5.08. The van der Waals surface area contributed by atoms with E-state index in [9.17, 15) is 13.2 Å². The summed E-state index contributed by atoms with van der Waals surface area (Å²) in [4.78, 5) is 0. The molecule has 94 valence electrons. The lowest BCUT2D eigenvalue weighted by Gasteiger charge is -2.24. The highest BCUT2D eigenvalue weighted by Crippen LogP contribution is 2.36. The topological polar surface area (TPSA) is 12.0 Å². The fourth-order valence-electron chi connectivity index (χ4n) is 2.72. The summed E-state index contributed by atoms with van der Waals surface area (Å²) >= 11 is 0. The van der Waals surface area contributed by atoms with Gasteiger partial charge >= 0.3 is 0 Å². The van der Waals surface area contributed by atoms with E-state index < -0.39 is 17.5 Å². The Bertz CT molecular complexity index is 400. The minimum atomic E-state index is -1.37. The molecule has 0 saturated heterocycles. The van der Waals surface area contributed by atoms with Crippen LogP contribution >= 0.6 is 0 Å². The molecule has 1 aromatic carbocycles. The highest BCUT2D eigenvalue weighted by atomic mass is 19.2. The van der Waals surface area contributed by atoms with Crippen LogP contribution in [0.15, 0.2) is 12.1 Å². The van der Waals surface area contributed by atoms with Gasteiger partial charge in [-0.1, -0.05) is 18.9 Å². The van der Waals surface area contributed by atoms with Crippen molar-refractivity contribution >= 4 is 0 Å². The lowest BCUT2D eigenvalue weighted by molar-refractivity contribution is 0.364. The van der Waals surface area contributed by atoms with Crippen LogP contribution in [0.1, 0.15) is 37.3 Å². The first-order valence-corrected chi connectivity index (χ1v) is 5.95. The summed E-state index contributed by atoms with van der Waals surface area (Å²) in [7, 11) is 1.73. The fourth-order valence-corrected chi connectivity index (χ4v) is 2.72. The monoisotopic (exact) mass is 243 g/mol. The van der Waals surface area contributed by atoms with Crippen molar-refractivity contribution in [3.8, 4) is 0 Å². The molecule has 0 aliphatic heterocycles. The molecule has 0 heterocycles. The third-order valence-corrected chi connectivity index (χ3v) is 3.58. The molecule has 0 bridgehead atoms. The smallest absolute Gasteiger partial charge is 0.194 e. The molecular formula is C13H16F3N. The van der Waals surface area contributed by atoms with E-state index in [0.29, 0.717) is 5.92 Å². The average molecular weight is 243 g/mol. The Labute approximate surface area is 99.0 Å². The van der Waals surface area contributed by atoms with Crippen LogP contribution in [0.25, 0.3) is 0 Å². The van der Waals surface area contributed by atoms with Crippen LogP contribution in [0.4, 0.5) is 13.2 Å². The summed E-state index contributed by atoms with van der Waals surface area (Å²) in [5.74, 6) is -3.26. The van der Waals surface area contributed by atoms with Crippen LogP contribution in [0.5, 0.6) is 0 Å². The first-order chi connectivity index (χ1) is 8.15. The van der Waals surface area contributed by atoms with Gasteiger partial charge in [-0.2, -0.15) is 0 Å². The maximum Gasteiger partial charge on any atom is 0.194 e. The second-order valence-corrected chi connectivity index (χ2v) is 4.58. The van der Waals surface area contributed by atoms with Gasteiger partial charge in [-0.3, -0.25) is 0 Å². The van der Waals surface area contributed by atoms with Crippen molar-refractivity contribution in [1.29, 1.82) is 0 Å². The Morgan fingerprint density at radius 2 is 1.76 bits per heavy atom. The number of halogens is 3. The molecule has 2 rings (SSSR count). The van der Waals surface area contributed by atoms with Crippen LogP contribution in [-0.4, -0.2) is 7.05 Å². The second-order valence-electron chi connectivity index (χ2n) is 4.58. The standard InChI is InChI=1S/C13H16F3N/c1-17-13(8-4-2-3-5-8)9-6-7-10(14)12(16)11(9)15/h6-8,13,17H,2-5H2,1H3. The maximum atomic E-state index is 13.7. The number of nitrogens with one attached hydrogen (secondary N) is 1. The zero-order valence-electron chi connectivity index (χ0n) is 9.77. The van der Waals surface area contributed by atoms with Gasteiger partial charge in [0.15, 0.2) is 17.5 Å². The Morgan fingerprint density at radius 1 is 1.12 bits per heavy atom. The molecule has 1 aliphatic carbocycles. The van der Waals surface area contributed by atoms with E-state index >= 15 is 0 Å². The van der Waals surface area contributed by atoms with E-state index in [0.717, 1.165) is 31.7 Å². The van der Waals surface area contributed by atoms with Crippen molar-refractivity contribution in [2.24, 2.45) is 5.92 Å². The van der Waals surface area contributed by atoms with Crippen molar-refractivity contribution in [2.75, 3.05) is 7.05 Å². The number of rotatable bonds is 3. The summed E-state index contributed by atoms with van der Waals surface area (Å²) in [6.45, 7) is 0. The zero-order chi connectivity index (χ0) is 12.4. The van der Waals surface area contributed by atoms with Crippen LogP contribution in [0, 0.1) is 23.4 Å². The van der Waals surface area contributed by atoms with E-state index in [1.54, 1.807) is 7.05 Å². The predicted octanol–water partition coefficient (Wildman–Crippen LogP) is 3.55. The molecule has 1 aromatic rings. The SMILES string of the molecule is CNC(c1ccc(F)c(F)c1F)C1CCCC1.